The summed E-state index contributed by atoms with van der Waals surface area (Å²) < 4.78 is 0.953. The fourth-order valence-corrected chi connectivity index (χ4v) is 1.80. The number of halogens is 1. The quantitative estimate of drug-likeness (QED) is 0.701. The second kappa shape index (κ2) is 8.79. The van der Waals surface area contributed by atoms with E-state index in [0.717, 1.165) is 10.2 Å². The number of rotatable bonds is 7. The average Bonchev–Trinajstić information content (AvgIpc) is 2.44. The molecule has 0 aromatic heterocycles. The molecule has 0 spiro atoms. The summed E-state index contributed by atoms with van der Waals surface area (Å²) in [5.74, 6) is 0.128. The van der Waals surface area contributed by atoms with Gasteiger partial charge in [-0.05, 0) is 37.1 Å². The molecule has 0 radical (unpaired) electrons. The largest absolute Gasteiger partial charge is 0.354 e. The van der Waals surface area contributed by atoms with Crippen LogP contribution in [0.3, 0.4) is 0 Å². The first-order chi connectivity index (χ1) is 9.88. The SMILES string of the molecule is CC(C)CNC(=O)C(C)NCC(=O)Nc1ccc(Br)cc1. The van der Waals surface area contributed by atoms with Crippen molar-refractivity contribution in [3.05, 3.63) is 28.7 Å². The maximum atomic E-state index is 11.8. The minimum Gasteiger partial charge on any atom is -0.354 e. The van der Waals surface area contributed by atoms with Crippen LogP contribution in [0.2, 0.25) is 0 Å². The Morgan fingerprint density at radius 2 is 1.76 bits per heavy atom. The Kier molecular flexibility index (Phi) is 7.39. The van der Waals surface area contributed by atoms with E-state index in [-0.39, 0.29) is 18.4 Å². The van der Waals surface area contributed by atoms with Crippen molar-refractivity contribution in [3.8, 4) is 0 Å². The van der Waals surface area contributed by atoms with Crippen molar-refractivity contribution in [1.82, 2.24) is 10.6 Å². The van der Waals surface area contributed by atoms with Crippen LogP contribution in [0.1, 0.15) is 20.8 Å². The summed E-state index contributed by atoms with van der Waals surface area (Å²) >= 11 is 3.33. The van der Waals surface area contributed by atoms with Crippen LogP contribution < -0.4 is 16.0 Å². The highest BCUT2D eigenvalue weighted by molar-refractivity contribution is 9.10. The van der Waals surface area contributed by atoms with Gasteiger partial charge in [0.05, 0.1) is 12.6 Å². The average molecular weight is 356 g/mol. The van der Waals surface area contributed by atoms with Crippen LogP contribution >= 0.6 is 15.9 Å². The fourth-order valence-electron chi connectivity index (χ4n) is 1.53. The van der Waals surface area contributed by atoms with Gasteiger partial charge in [-0.1, -0.05) is 29.8 Å². The molecule has 0 heterocycles. The fraction of sp³-hybridized carbons (Fsp3) is 0.467. The summed E-state index contributed by atoms with van der Waals surface area (Å²) in [4.78, 5) is 23.5. The van der Waals surface area contributed by atoms with Gasteiger partial charge in [0.2, 0.25) is 11.8 Å². The minimum absolute atomic E-state index is 0.0896. The normalized spacial score (nSPS) is 12.0. The Morgan fingerprint density at radius 3 is 2.33 bits per heavy atom. The van der Waals surface area contributed by atoms with Crippen LogP contribution in [-0.4, -0.2) is 30.9 Å². The lowest BCUT2D eigenvalue weighted by atomic mass is 10.2. The zero-order chi connectivity index (χ0) is 15.8. The van der Waals surface area contributed by atoms with E-state index in [1.54, 1.807) is 19.1 Å². The molecule has 116 valence electrons. The smallest absolute Gasteiger partial charge is 0.238 e. The maximum Gasteiger partial charge on any atom is 0.238 e. The van der Waals surface area contributed by atoms with Crippen LogP contribution in [-0.2, 0) is 9.59 Å². The third-order valence-electron chi connectivity index (χ3n) is 2.77. The van der Waals surface area contributed by atoms with Gasteiger partial charge in [0.1, 0.15) is 0 Å². The molecule has 0 saturated carbocycles. The molecule has 1 rings (SSSR count). The first-order valence-electron chi connectivity index (χ1n) is 6.95. The molecule has 0 aliphatic heterocycles. The number of benzene rings is 1. The second-order valence-electron chi connectivity index (χ2n) is 5.30. The molecule has 3 N–H and O–H groups in total. The standard InChI is InChI=1S/C15H22BrN3O2/c1-10(2)8-18-15(21)11(3)17-9-14(20)19-13-6-4-12(16)5-7-13/h4-7,10-11,17H,8-9H2,1-3H3,(H,18,21)(H,19,20). The molecule has 0 aliphatic rings. The summed E-state index contributed by atoms with van der Waals surface area (Å²) in [5.41, 5.74) is 0.724. The molecule has 1 aromatic carbocycles. The minimum atomic E-state index is -0.403. The predicted molar refractivity (Wildman–Crippen MR) is 88.1 cm³/mol. The van der Waals surface area contributed by atoms with E-state index >= 15 is 0 Å². The van der Waals surface area contributed by atoms with Crippen molar-refractivity contribution in [2.75, 3.05) is 18.4 Å². The Hall–Kier alpha value is -1.40. The molecule has 6 heteroatoms. The van der Waals surface area contributed by atoms with Gasteiger partial charge < -0.3 is 10.6 Å². The van der Waals surface area contributed by atoms with Crippen LogP contribution in [0.15, 0.2) is 28.7 Å². The van der Waals surface area contributed by atoms with E-state index in [1.807, 2.05) is 26.0 Å². The molecule has 1 aromatic rings. The summed E-state index contributed by atoms with van der Waals surface area (Å²) in [5, 5.41) is 8.49. The molecule has 0 aliphatic carbocycles. The number of hydrogen-bond acceptors (Lipinski definition) is 3. The first kappa shape index (κ1) is 17.7. The maximum absolute atomic E-state index is 11.8. The number of carbonyl (C=O) groups is 2. The number of carbonyl (C=O) groups excluding carboxylic acids is 2. The van der Waals surface area contributed by atoms with Crippen molar-refractivity contribution in [3.63, 3.8) is 0 Å². The first-order valence-corrected chi connectivity index (χ1v) is 7.74. The third-order valence-corrected chi connectivity index (χ3v) is 3.30. The van der Waals surface area contributed by atoms with Gasteiger partial charge in [-0.2, -0.15) is 0 Å². The second-order valence-corrected chi connectivity index (χ2v) is 6.21. The van der Waals surface area contributed by atoms with Crippen LogP contribution in [0.4, 0.5) is 5.69 Å². The van der Waals surface area contributed by atoms with E-state index < -0.39 is 6.04 Å². The number of amides is 2. The number of nitrogens with one attached hydrogen (secondary N) is 3. The van der Waals surface area contributed by atoms with Gasteiger partial charge >= 0.3 is 0 Å². The van der Waals surface area contributed by atoms with Crippen molar-refractivity contribution in [2.45, 2.75) is 26.8 Å². The topological polar surface area (TPSA) is 70.2 Å². The Morgan fingerprint density at radius 1 is 1.14 bits per heavy atom. The van der Waals surface area contributed by atoms with Gasteiger partial charge in [-0.15, -0.1) is 0 Å². The number of anilines is 1. The highest BCUT2D eigenvalue weighted by Gasteiger charge is 2.13. The van der Waals surface area contributed by atoms with Crippen molar-refractivity contribution >= 4 is 33.4 Å². The van der Waals surface area contributed by atoms with Crippen molar-refractivity contribution in [2.24, 2.45) is 5.92 Å². The van der Waals surface area contributed by atoms with E-state index in [1.165, 1.54) is 0 Å². The van der Waals surface area contributed by atoms with Crippen LogP contribution in [0.25, 0.3) is 0 Å². The Labute approximate surface area is 134 Å². The summed E-state index contributed by atoms with van der Waals surface area (Å²) in [6.45, 7) is 6.53. The molecule has 21 heavy (non-hydrogen) atoms. The summed E-state index contributed by atoms with van der Waals surface area (Å²) in [6, 6.07) is 6.91. The zero-order valence-corrected chi connectivity index (χ0v) is 14.2. The van der Waals surface area contributed by atoms with E-state index in [2.05, 4.69) is 31.9 Å². The summed E-state index contributed by atoms with van der Waals surface area (Å²) in [7, 11) is 0. The lowest BCUT2D eigenvalue weighted by Gasteiger charge is -2.15. The van der Waals surface area contributed by atoms with E-state index in [0.29, 0.717) is 12.5 Å². The lowest BCUT2D eigenvalue weighted by molar-refractivity contribution is -0.123. The Bertz CT molecular complexity index is 474. The molecule has 0 bridgehead atoms. The molecule has 1 unspecified atom stereocenters. The molecule has 0 saturated heterocycles. The van der Waals surface area contributed by atoms with Gasteiger partial charge in [-0.25, -0.2) is 0 Å². The highest BCUT2D eigenvalue weighted by Crippen LogP contribution is 2.13. The predicted octanol–water partition coefficient (Wildman–Crippen LogP) is 2.14. The van der Waals surface area contributed by atoms with Crippen molar-refractivity contribution in [1.29, 1.82) is 0 Å². The molecule has 0 fully saturated rings. The summed E-state index contributed by atoms with van der Waals surface area (Å²) in [6.07, 6.45) is 0. The lowest BCUT2D eigenvalue weighted by Crippen LogP contribution is -2.45. The van der Waals surface area contributed by atoms with Crippen LogP contribution in [0.5, 0.6) is 0 Å². The highest BCUT2D eigenvalue weighted by atomic mass is 79.9. The zero-order valence-electron chi connectivity index (χ0n) is 12.6. The molecular formula is C15H22BrN3O2. The monoisotopic (exact) mass is 355 g/mol. The van der Waals surface area contributed by atoms with E-state index in [4.69, 9.17) is 0 Å². The van der Waals surface area contributed by atoms with Gasteiger partial charge in [0.15, 0.2) is 0 Å². The van der Waals surface area contributed by atoms with Gasteiger partial charge in [0.25, 0.3) is 0 Å². The van der Waals surface area contributed by atoms with Crippen LogP contribution in [0, 0.1) is 5.92 Å². The van der Waals surface area contributed by atoms with Gasteiger partial charge in [0, 0.05) is 16.7 Å². The van der Waals surface area contributed by atoms with Gasteiger partial charge in [-0.3, -0.25) is 14.9 Å². The molecule has 1 atom stereocenters. The van der Waals surface area contributed by atoms with Crippen molar-refractivity contribution < 1.29 is 9.59 Å². The molecular weight excluding hydrogens is 334 g/mol. The van der Waals surface area contributed by atoms with E-state index in [9.17, 15) is 9.59 Å². The molecule has 2 amide bonds. The third kappa shape index (κ3) is 7.24. The molecule has 5 nitrogen and oxygen atoms in total. The number of hydrogen-bond donors (Lipinski definition) is 3. The Balaban J connectivity index is 2.31.